The molecule has 1 saturated heterocycles. The van der Waals surface area contributed by atoms with E-state index in [1.165, 1.54) is 0 Å². The van der Waals surface area contributed by atoms with Gasteiger partial charge in [0.1, 0.15) is 6.04 Å². The number of nitrogens with zero attached hydrogens (tertiary/aromatic N) is 1. The minimum Gasteiger partial charge on any atom is -0.480 e. The first-order valence-corrected chi connectivity index (χ1v) is 6.32. The van der Waals surface area contributed by atoms with Crippen LogP contribution in [0.2, 0.25) is 0 Å². The molecule has 1 N–H and O–H groups in total. The van der Waals surface area contributed by atoms with Crippen LogP contribution in [0.15, 0.2) is 30.3 Å². The van der Waals surface area contributed by atoms with Gasteiger partial charge in [-0.1, -0.05) is 30.3 Å². The van der Waals surface area contributed by atoms with Crippen LogP contribution >= 0.6 is 0 Å². The Morgan fingerprint density at radius 3 is 2.83 bits per heavy atom. The van der Waals surface area contributed by atoms with Gasteiger partial charge in [0, 0.05) is 19.7 Å². The Morgan fingerprint density at radius 1 is 1.44 bits per heavy atom. The molecule has 2 rings (SSSR count). The fourth-order valence-corrected chi connectivity index (χ4v) is 2.41. The quantitative estimate of drug-likeness (QED) is 0.889. The molecule has 2 atom stereocenters. The topological polar surface area (TPSA) is 49.8 Å². The molecule has 4 nitrogen and oxygen atoms in total. The number of hydrogen-bond donors (Lipinski definition) is 1. The van der Waals surface area contributed by atoms with Gasteiger partial charge in [0.15, 0.2) is 0 Å². The standard InChI is InChI=1S/C14H19NO3/c1-11-10-15(8-5-9-18-11)13(14(16)17)12-6-3-2-4-7-12/h2-4,6-7,11,13H,5,8-10H2,1H3,(H,16,17). The van der Waals surface area contributed by atoms with E-state index in [-0.39, 0.29) is 6.10 Å². The highest BCUT2D eigenvalue weighted by atomic mass is 16.5. The highest BCUT2D eigenvalue weighted by Crippen LogP contribution is 2.23. The molecule has 1 aliphatic rings. The van der Waals surface area contributed by atoms with Crippen LogP contribution in [0.3, 0.4) is 0 Å². The number of aliphatic carboxylic acids is 1. The van der Waals surface area contributed by atoms with Crippen molar-refractivity contribution in [3.63, 3.8) is 0 Å². The average molecular weight is 249 g/mol. The van der Waals surface area contributed by atoms with Crippen LogP contribution in [0.4, 0.5) is 0 Å². The Balaban J connectivity index is 2.22. The normalized spacial score (nSPS) is 23.3. The fraction of sp³-hybridized carbons (Fsp3) is 0.500. The molecule has 0 aromatic heterocycles. The summed E-state index contributed by atoms with van der Waals surface area (Å²) in [6.45, 7) is 4.11. The van der Waals surface area contributed by atoms with Gasteiger partial charge < -0.3 is 9.84 Å². The summed E-state index contributed by atoms with van der Waals surface area (Å²) in [6, 6.07) is 8.82. The number of rotatable bonds is 3. The van der Waals surface area contributed by atoms with Crippen molar-refractivity contribution in [1.82, 2.24) is 4.90 Å². The molecule has 98 valence electrons. The van der Waals surface area contributed by atoms with Gasteiger partial charge in [-0.15, -0.1) is 0 Å². The van der Waals surface area contributed by atoms with Crippen molar-refractivity contribution in [1.29, 1.82) is 0 Å². The van der Waals surface area contributed by atoms with E-state index in [2.05, 4.69) is 0 Å². The molecular weight excluding hydrogens is 230 g/mol. The lowest BCUT2D eigenvalue weighted by molar-refractivity contribution is -0.143. The molecule has 1 heterocycles. The highest BCUT2D eigenvalue weighted by molar-refractivity contribution is 5.75. The van der Waals surface area contributed by atoms with Crippen molar-refractivity contribution < 1.29 is 14.6 Å². The molecule has 18 heavy (non-hydrogen) atoms. The van der Waals surface area contributed by atoms with Gasteiger partial charge >= 0.3 is 5.97 Å². The third-order valence-corrected chi connectivity index (χ3v) is 3.20. The molecule has 0 amide bonds. The Labute approximate surface area is 107 Å². The maximum Gasteiger partial charge on any atom is 0.325 e. The smallest absolute Gasteiger partial charge is 0.325 e. The molecular formula is C14H19NO3. The zero-order valence-electron chi connectivity index (χ0n) is 10.6. The van der Waals surface area contributed by atoms with Crippen LogP contribution in [-0.2, 0) is 9.53 Å². The van der Waals surface area contributed by atoms with Crippen molar-refractivity contribution in [2.24, 2.45) is 0 Å². The van der Waals surface area contributed by atoms with E-state index in [0.29, 0.717) is 13.2 Å². The minimum atomic E-state index is -0.796. The molecule has 1 aromatic carbocycles. The van der Waals surface area contributed by atoms with Gasteiger partial charge in [0.25, 0.3) is 0 Å². The molecule has 2 unspecified atom stereocenters. The average Bonchev–Trinajstić information content (AvgIpc) is 2.55. The monoisotopic (exact) mass is 249 g/mol. The summed E-state index contributed by atoms with van der Waals surface area (Å²) in [5.41, 5.74) is 0.833. The lowest BCUT2D eigenvalue weighted by Gasteiger charge is -2.28. The molecule has 0 spiro atoms. The summed E-state index contributed by atoms with van der Waals surface area (Å²) in [5, 5.41) is 9.47. The molecule has 0 aliphatic carbocycles. The number of hydrogen-bond acceptors (Lipinski definition) is 3. The van der Waals surface area contributed by atoms with Crippen molar-refractivity contribution >= 4 is 5.97 Å². The lowest BCUT2D eigenvalue weighted by Crippen LogP contribution is -2.38. The Hall–Kier alpha value is -1.39. The van der Waals surface area contributed by atoms with Gasteiger partial charge in [0.05, 0.1) is 6.10 Å². The first-order valence-electron chi connectivity index (χ1n) is 6.32. The molecule has 0 bridgehead atoms. The zero-order chi connectivity index (χ0) is 13.0. The largest absolute Gasteiger partial charge is 0.480 e. The Kier molecular flexibility index (Phi) is 4.33. The van der Waals surface area contributed by atoms with Crippen molar-refractivity contribution in [2.45, 2.75) is 25.5 Å². The van der Waals surface area contributed by atoms with Crippen LogP contribution in [-0.4, -0.2) is 41.8 Å². The molecule has 1 fully saturated rings. The third kappa shape index (κ3) is 3.09. The second-order valence-electron chi connectivity index (χ2n) is 4.68. The van der Waals surface area contributed by atoms with Gasteiger partial charge in [0.2, 0.25) is 0 Å². The molecule has 4 heteroatoms. The lowest BCUT2D eigenvalue weighted by atomic mass is 10.0. The predicted octanol–water partition coefficient (Wildman–Crippen LogP) is 1.92. The summed E-state index contributed by atoms with van der Waals surface area (Å²) in [7, 11) is 0. The van der Waals surface area contributed by atoms with E-state index in [1.54, 1.807) is 0 Å². The van der Waals surface area contributed by atoms with Gasteiger partial charge in [-0.2, -0.15) is 0 Å². The highest BCUT2D eigenvalue weighted by Gasteiger charge is 2.29. The summed E-state index contributed by atoms with van der Waals surface area (Å²) < 4.78 is 5.56. The van der Waals surface area contributed by atoms with Crippen molar-refractivity contribution in [2.75, 3.05) is 19.7 Å². The van der Waals surface area contributed by atoms with Crippen molar-refractivity contribution in [3.8, 4) is 0 Å². The zero-order valence-corrected chi connectivity index (χ0v) is 10.6. The number of carbonyl (C=O) groups is 1. The second kappa shape index (κ2) is 5.98. The third-order valence-electron chi connectivity index (χ3n) is 3.20. The van der Waals surface area contributed by atoms with Crippen LogP contribution in [0, 0.1) is 0 Å². The van der Waals surface area contributed by atoms with E-state index < -0.39 is 12.0 Å². The van der Waals surface area contributed by atoms with E-state index in [0.717, 1.165) is 18.5 Å². The van der Waals surface area contributed by atoms with E-state index in [1.807, 2.05) is 42.2 Å². The Morgan fingerprint density at radius 2 is 2.17 bits per heavy atom. The minimum absolute atomic E-state index is 0.0815. The molecule has 1 aliphatic heterocycles. The number of carboxylic acid groups (broad SMARTS) is 1. The van der Waals surface area contributed by atoms with Crippen LogP contribution < -0.4 is 0 Å². The first-order chi connectivity index (χ1) is 8.68. The van der Waals surface area contributed by atoms with E-state index >= 15 is 0 Å². The summed E-state index contributed by atoms with van der Waals surface area (Å²) >= 11 is 0. The van der Waals surface area contributed by atoms with E-state index in [9.17, 15) is 9.90 Å². The SMILES string of the molecule is CC1CN(C(C(=O)O)c2ccccc2)CCCO1. The van der Waals surface area contributed by atoms with Gasteiger partial charge in [-0.3, -0.25) is 9.69 Å². The van der Waals surface area contributed by atoms with Crippen LogP contribution in [0.25, 0.3) is 0 Å². The van der Waals surface area contributed by atoms with Gasteiger partial charge in [-0.25, -0.2) is 0 Å². The Bertz CT molecular complexity index is 393. The predicted molar refractivity (Wildman–Crippen MR) is 68.4 cm³/mol. The maximum absolute atomic E-state index is 11.5. The van der Waals surface area contributed by atoms with Crippen LogP contribution in [0.1, 0.15) is 24.9 Å². The summed E-state index contributed by atoms with van der Waals surface area (Å²) in [6.07, 6.45) is 0.957. The fourth-order valence-electron chi connectivity index (χ4n) is 2.41. The summed E-state index contributed by atoms with van der Waals surface area (Å²) in [4.78, 5) is 13.5. The van der Waals surface area contributed by atoms with Gasteiger partial charge in [-0.05, 0) is 18.9 Å². The molecule has 0 saturated carbocycles. The number of carboxylic acids is 1. The van der Waals surface area contributed by atoms with Crippen molar-refractivity contribution in [3.05, 3.63) is 35.9 Å². The number of benzene rings is 1. The number of ether oxygens (including phenoxy) is 1. The summed E-state index contributed by atoms with van der Waals surface area (Å²) in [5.74, 6) is -0.796. The van der Waals surface area contributed by atoms with E-state index in [4.69, 9.17) is 4.74 Å². The first kappa shape index (κ1) is 13.1. The maximum atomic E-state index is 11.5. The molecule has 0 radical (unpaired) electrons. The van der Waals surface area contributed by atoms with Crippen LogP contribution in [0.5, 0.6) is 0 Å². The molecule has 1 aromatic rings. The second-order valence-corrected chi connectivity index (χ2v) is 4.68.